The quantitative estimate of drug-likeness (QED) is 0.334. The van der Waals surface area contributed by atoms with Gasteiger partial charge in [-0.05, 0) is 37.1 Å². The van der Waals surface area contributed by atoms with Crippen LogP contribution in [0.4, 0.5) is 15.3 Å². The molecule has 1 aromatic rings. The maximum absolute atomic E-state index is 13.4. The van der Waals surface area contributed by atoms with E-state index in [4.69, 9.17) is 5.11 Å². The van der Waals surface area contributed by atoms with Crippen LogP contribution in [0.15, 0.2) is 24.3 Å². The zero-order chi connectivity index (χ0) is 27.1. The first-order valence-corrected chi connectivity index (χ1v) is 11.3. The maximum atomic E-state index is 13.4. The molecule has 37 heavy (non-hydrogen) atoms. The monoisotopic (exact) mass is 518 g/mol. The predicted octanol–water partition coefficient (Wildman–Crippen LogP) is -0.298. The Morgan fingerprint density at radius 1 is 1.16 bits per heavy atom. The third kappa shape index (κ3) is 6.50. The summed E-state index contributed by atoms with van der Waals surface area (Å²) in [5.74, 6) is -3.23. The molecule has 4 N–H and O–H groups in total. The molecule has 15 nitrogen and oxygen atoms in total. The number of carbonyl (C=O) groups is 7. The average molecular weight is 518 g/mol. The van der Waals surface area contributed by atoms with E-state index in [0.29, 0.717) is 12.1 Å². The number of nitrogens with zero attached hydrogens (tertiary/aromatic N) is 3. The van der Waals surface area contributed by atoms with Crippen molar-refractivity contribution in [1.82, 2.24) is 25.8 Å². The van der Waals surface area contributed by atoms with E-state index in [2.05, 4.69) is 20.8 Å². The number of hydrogen-bond donors (Lipinski definition) is 4. The van der Waals surface area contributed by atoms with Crippen molar-refractivity contribution in [2.24, 2.45) is 0 Å². The van der Waals surface area contributed by atoms with Crippen molar-refractivity contribution in [3.63, 3.8) is 0 Å². The van der Waals surface area contributed by atoms with Gasteiger partial charge in [0.2, 0.25) is 11.8 Å². The number of carboxylic acid groups (broad SMARTS) is 1. The molecule has 6 amide bonds. The first-order chi connectivity index (χ1) is 17.6. The number of nitrogens with one attached hydrogen (secondary N) is 3. The molecule has 2 aliphatic heterocycles. The minimum atomic E-state index is -1.31. The van der Waals surface area contributed by atoms with Crippen LogP contribution >= 0.6 is 0 Å². The van der Waals surface area contributed by atoms with E-state index in [1.165, 1.54) is 31.4 Å². The largest absolute Gasteiger partial charge is 0.481 e. The molecular weight excluding hydrogens is 492 g/mol. The Labute approximate surface area is 210 Å². The molecule has 0 aromatic heterocycles. The summed E-state index contributed by atoms with van der Waals surface area (Å²) >= 11 is 0. The van der Waals surface area contributed by atoms with Crippen molar-refractivity contribution in [2.45, 2.75) is 37.8 Å². The number of fused-ring (bicyclic) bond motifs is 1. The minimum absolute atomic E-state index is 0.130. The standard InChI is InChI=1S/C22H26N6O9/c1-37-21(35)24-14-6-4-13(5-7-14)19(33)25-26-10-8-17(30)27-9-2-3-16(28(27)22(26)36)20(34)23-15(12-29)11-18(31)32/h4-7,12,15-16H,2-3,8-11H2,1H3,(H,23,34)(H,24,35)(H,25,33)(H,31,32). The lowest BCUT2D eigenvalue weighted by Gasteiger charge is -2.42. The first-order valence-electron chi connectivity index (χ1n) is 11.3. The Morgan fingerprint density at radius 3 is 2.49 bits per heavy atom. The zero-order valence-corrected chi connectivity index (χ0v) is 19.8. The van der Waals surface area contributed by atoms with Crippen molar-refractivity contribution in [3.05, 3.63) is 29.8 Å². The summed E-state index contributed by atoms with van der Waals surface area (Å²) in [5.41, 5.74) is 2.95. The van der Waals surface area contributed by atoms with Crippen LogP contribution in [-0.4, -0.2) is 94.5 Å². The highest BCUT2D eigenvalue weighted by molar-refractivity contribution is 5.97. The van der Waals surface area contributed by atoms with Crippen LogP contribution in [-0.2, 0) is 23.9 Å². The third-order valence-electron chi connectivity index (χ3n) is 5.67. The summed E-state index contributed by atoms with van der Waals surface area (Å²) in [6.45, 7) is -0.000264. The number of carboxylic acids is 1. The van der Waals surface area contributed by atoms with E-state index in [1.807, 2.05) is 0 Å². The minimum Gasteiger partial charge on any atom is -0.481 e. The van der Waals surface area contributed by atoms with Gasteiger partial charge in [-0.15, -0.1) is 0 Å². The number of carbonyl (C=O) groups excluding carboxylic acids is 6. The lowest BCUT2D eigenvalue weighted by atomic mass is 10.1. The number of aliphatic carboxylic acids is 1. The number of ether oxygens (including phenoxy) is 1. The summed E-state index contributed by atoms with van der Waals surface area (Å²) in [4.78, 5) is 85.3. The normalized spacial score (nSPS) is 18.2. The molecule has 2 heterocycles. The van der Waals surface area contributed by atoms with Gasteiger partial charge in [-0.3, -0.25) is 29.9 Å². The number of rotatable bonds is 8. The van der Waals surface area contributed by atoms with E-state index in [9.17, 15) is 33.6 Å². The van der Waals surface area contributed by atoms with E-state index < -0.39 is 54.3 Å². The fraction of sp³-hybridized carbons (Fsp3) is 0.409. The van der Waals surface area contributed by atoms with Crippen LogP contribution < -0.4 is 16.1 Å². The van der Waals surface area contributed by atoms with E-state index >= 15 is 0 Å². The van der Waals surface area contributed by atoms with E-state index in [0.717, 1.165) is 15.0 Å². The Balaban J connectivity index is 1.76. The highest BCUT2D eigenvalue weighted by Gasteiger charge is 2.44. The highest BCUT2D eigenvalue weighted by Crippen LogP contribution is 2.24. The van der Waals surface area contributed by atoms with Gasteiger partial charge in [0.15, 0.2) is 0 Å². The fourth-order valence-corrected chi connectivity index (χ4v) is 3.88. The molecule has 2 unspecified atom stereocenters. The third-order valence-corrected chi connectivity index (χ3v) is 5.67. The second kappa shape index (κ2) is 11.8. The van der Waals surface area contributed by atoms with Crippen molar-refractivity contribution in [2.75, 3.05) is 25.5 Å². The molecule has 0 bridgehead atoms. The van der Waals surface area contributed by atoms with Gasteiger partial charge in [0, 0.05) is 24.2 Å². The summed E-state index contributed by atoms with van der Waals surface area (Å²) in [6, 6.07) is 2.34. The molecule has 0 aliphatic carbocycles. The van der Waals surface area contributed by atoms with Crippen LogP contribution in [0.25, 0.3) is 0 Å². The topological polar surface area (TPSA) is 195 Å². The Morgan fingerprint density at radius 2 is 1.86 bits per heavy atom. The zero-order valence-electron chi connectivity index (χ0n) is 19.8. The number of anilines is 1. The van der Waals surface area contributed by atoms with Crippen molar-refractivity contribution in [1.29, 1.82) is 0 Å². The molecule has 198 valence electrons. The average Bonchev–Trinajstić information content (AvgIpc) is 3.00. The Kier molecular flexibility index (Phi) is 8.60. The van der Waals surface area contributed by atoms with Crippen LogP contribution in [0.3, 0.4) is 0 Å². The van der Waals surface area contributed by atoms with Crippen LogP contribution in [0.2, 0.25) is 0 Å². The van der Waals surface area contributed by atoms with Gasteiger partial charge in [-0.25, -0.2) is 24.6 Å². The second-order valence-corrected chi connectivity index (χ2v) is 8.19. The van der Waals surface area contributed by atoms with Gasteiger partial charge in [0.1, 0.15) is 12.3 Å². The van der Waals surface area contributed by atoms with E-state index in [-0.39, 0.29) is 37.8 Å². The van der Waals surface area contributed by atoms with Gasteiger partial charge in [0.25, 0.3) is 5.91 Å². The molecule has 2 atom stereocenters. The molecule has 15 heteroatoms. The van der Waals surface area contributed by atoms with Crippen molar-refractivity contribution >= 4 is 47.8 Å². The van der Waals surface area contributed by atoms with Crippen LogP contribution in [0.5, 0.6) is 0 Å². The van der Waals surface area contributed by atoms with Gasteiger partial charge in [0.05, 0.1) is 26.1 Å². The van der Waals surface area contributed by atoms with Crippen LogP contribution in [0, 0.1) is 0 Å². The predicted molar refractivity (Wildman–Crippen MR) is 123 cm³/mol. The molecule has 0 spiro atoms. The SMILES string of the molecule is COC(=O)Nc1ccc(C(=O)NN2CCC(=O)N3CCCC(C(=O)NC(C=O)CC(=O)O)N3C2=O)cc1. The van der Waals surface area contributed by atoms with Crippen molar-refractivity contribution < 1.29 is 43.4 Å². The summed E-state index contributed by atoms with van der Waals surface area (Å²) in [7, 11) is 1.20. The molecule has 2 fully saturated rings. The Bertz CT molecular complexity index is 1090. The lowest BCUT2D eigenvalue weighted by Crippen LogP contribution is -2.64. The molecule has 0 radical (unpaired) electrons. The van der Waals surface area contributed by atoms with Gasteiger partial charge < -0.3 is 20.0 Å². The summed E-state index contributed by atoms with van der Waals surface area (Å²) in [6.07, 6.45) is -0.652. The second-order valence-electron chi connectivity index (χ2n) is 8.19. The van der Waals surface area contributed by atoms with Gasteiger partial charge in [-0.2, -0.15) is 0 Å². The van der Waals surface area contributed by atoms with Gasteiger partial charge >= 0.3 is 18.1 Å². The highest BCUT2D eigenvalue weighted by atomic mass is 16.5. The molecule has 1 aromatic carbocycles. The number of urea groups is 1. The first kappa shape index (κ1) is 26.9. The van der Waals surface area contributed by atoms with Gasteiger partial charge in [-0.1, -0.05) is 0 Å². The molecule has 2 aliphatic rings. The van der Waals surface area contributed by atoms with E-state index in [1.54, 1.807) is 0 Å². The Hall–Kier alpha value is -4.69. The van der Waals surface area contributed by atoms with Crippen LogP contribution in [0.1, 0.15) is 36.0 Å². The number of amides is 6. The number of aldehydes is 1. The maximum Gasteiger partial charge on any atom is 0.411 e. The number of benzene rings is 1. The number of hydrazine groups is 2. The molecule has 3 rings (SSSR count). The molecular formula is C22H26N6O9. The lowest BCUT2D eigenvalue weighted by molar-refractivity contribution is -0.155. The molecule has 2 saturated heterocycles. The fourth-order valence-electron chi connectivity index (χ4n) is 3.88. The number of hydrogen-bond acceptors (Lipinski definition) is 8. The summed E-state index contributed by atoms with van der Waals surface area (Å²) < 4.78 is 4.50. The molecule has 0 saturated carbocycles. The number of methoxy groups -OCH3 is 1. The summed E-state index contributed by atoms with van der Waals surface area (Å²) in [5, 5.41) is 16.6. The smallest absolute Gasteiger partial charge is 0.411 e. The van der Waals surface area contributed by atoms with Crippen molar-refractivity contribution in [3.8, 4) is 0 Å².